The fourth-order valence-corrected chi connectivity index (χ4v) is 2.57. The predicted molar refractivity (Wildman–Crippen MR) is 98.7 cm³/mol. The summed E-state index contributed by atoms with van der Waals surface area (Å²) >= 11 is 0. The molecular weight excluding hydrogens is 318 g/mol. The fourth-order valence-electron chi connectivity index (χ4n) is 2.57. The van der Waals surface area contributed by atoms with Crippen molar-refractivity contribution in [1.29, 1.82) is 0 Å². The van der Waals surface area contributed by atoms with E-state index in [9.17, 15) is 10.1 Å². The van der Waals surface area contributed by atoms with Gasteiger partial charge in [0.25, 0.3) is 5.69 Å². The first-order valence-electron chi connectivity index (χ1n) is 8.14. The van der Waals surface area contributed by atoms with Gasteiger partial charge in [-0.05, 0) is 18.1 Å². The molecule has 0 bridgehead atoms. The van der Waals surface area contributed by atoms with Gasteiger partial charge in [0.2, 0.25) is 0 Å². The number of nitro benzene ring substituents is 1. The third-order valence-corrected chi connectivity index (χ3v) is 3.82. The third-order valence-electron chi connectivity index (χ3n) is 3.82. The predicted octanol–water partition coefficient (Wildman–Crippen LogP) is 3.97. The molecule has 0 aliphatic heterocycles. The first-order valence-corrected chi connectivity index (χ1v) is 8.14. The molecule has 0 saturated carbocycles. The van der Waals surface area contributed by atoms with Crippen LogP contribution in [0.4, 0.5) is 17.2 Å². The van der Waals surface area contributed by atoms with E-state index in [0.29, 0.717) is 35.5 Å². The largest absolute Gasteiger partial charge is 0.379 e. The molecule has 0 fully saturated rings. The van der Waals surface area contributed by atoms with Crippen molar-refractivity contribution in [3.8, 4) is 0 Å². The molecule has 0 aliphatic rings. The monoisotopic (exact) mass is 337 g/mol. The Kier molecular flexibility index (Phi) is 5.03. The molecule has 2 N–H and O–H groups in total. The number of hydrogen-bond donors (Lipinski definition) is 2. The zero-order valence-electron chi connectivity index (χ0n) is 13.9. The Hall–Kier alpha value is -3.22. The van der Waals surface area contributed by atoms with Crippen LogP contribution in [-0.4, -0.2) is 21.4 Å². The molecule has 3 aromatic rings. The average Bonchev–Trinajstić information content (AvgIpc) is 2.64. The maximum atomic E-state index is 11.4. The molecular formula is C18H19N5O2. The van der Waals surface area contributed by atoms with Gasteiger partial charge in [-0.2, -0.15) is 0 Å². The van der Waals surface area contributed by atoms with Gasteiger partial charge < -0.3 is 10.6 Å². The Morgan fingerprint density at radius 3 is 2.64 bits per heavy atom. The van der Waals surface area contributed by atoms with Crippen molar-refractivity contribution in [1.82, 2.24) is 9.97 Å². The highest BCUT2D eigenvalue weighted by atomic mass is 16.6. The number of nitrogens with one attached hydrogen (secondary N) is 2. The minimum Gasteiger partial charge on any atom is -0.379 e. The topological polar surface area (TPSA) is 93.0 Å². The summed E-state index contributed by atoms with van der Waals surface area (Å²) in [5.74, 6) is 0.582. The summed E-state index contributed by atoms with van der Waals surface area (Å²) in [5.41, 5.74) is 2.27. The second-order valence-corrected chi connectivity index (χ2v) is 5.63. The van der Waals surface area contributed by atoms with Crippen LogP contribution in [0.1, 0.15) is 18.9 Å². The summed E-state index contributed by atoms with van der Waals surface area (Å²) in [7, 11) is 0. The molecule has 0 amide bonds. The highest BCUT2D eigenvalue weighted by Gasteiger charge is 2.17. The van der Waals surface area contributed by atoms with Crippen LogP contribution in [0.2, 0.25) is 0 Å². The second-order valence-electron chi connectivity index (χ2n) is 5.63. The van der Waals surface area contributed by atoms with Crippen molar-refractivity contribution in [3.05, 3.63) is 64.5 Å². The molecule has 128 valence electrons. The Labute approximate surface area is 145 Å². The van der Waals surface area contributed by atoms with Gasteiger partial charge in [-0.3, -0.25) is 10.1 Å². The van der Waals surface area contributed by atoms with Crippen LogP contribution >= 0.6 is 0 Å². The molecule has 2 aromatic carbocycles. The maximum absolute atomic E-state index is 11.4. The van der Waals surface area contributed by atoms with E-state index in [-0.39, 0.29) is 10.6 Å². The van der Waals surface area contributed by atoms with Gasteiger partial charge in [-0.25, -0.2) is 9.97 Å². The number of nitrogens with zero attached hydrogens (tertiary/aromatic N) is 3. The molecule has 1 aromatic heterocycles. The van der Waals surface area contributed by atoms with Crippen LogP contribution < -0.4 is 10.6 Å². The minimum absolute atomic E-state index is 0.0264. The number of hydrogen-bond acceptors (Lipinski definition) is 6. The van der Waals surface area contributed by atoms with E-state index in [1.807, 2.05) is 37.3 Å². The van der Waals surface area contributed by atoms with Crippen molar-refractivity contribution in [2.45, 2.75) is 19.9 Å². The molecule has 0 atom stereocenters. The lowest BCUT2D eigenvalue weighted by molar-refractivity contribution is -0.383. The second kappa shape index (κ2) is 7.57. The van der Waals surface area contributed by atoms with Crippen molar-refractivity contribution < 1.29 is 4.92 Å². The smallest absolute Gasteiger partial charge is 0.293 e. The van der Waals surface area contributed by atoms with Crippen molar-refractivity contribution >= 4 is 28.1 Å². The first-order chi connectivity index (χ1) is 12.2. The van der Waals surface area contributed by atoms with Gasteiger partial charge >= 0.3 is 0 Å². The van der Waals surface area contributed by atoms with Crippen LogP contribution in [0.3, 0.4) is 0 Å². The molecule has 1 heterocycles. The van der Waals surface area contributed by atoms with Gasteiger partial charge in [0.05, 0.1) is 10.4 Å². The van der Waals surface area contributed by atoms with E-state index in [1.165, 1.54) is 12.4 Å². The number of benzene rings is 2. The Bertz CT molecular complexity index is 883. The number of rotatable bonds is 7. The summed E-state index contributed by atoms with van der Waals surface area (Å²) in [4.78, 5) is 19.5. The molecule has 25 heavy (non-hydrogen) atoms. The van der Waals surface area contributed by atoms with E-state index in [0.717, 1.165) is 12.0 Å². The maximum Gasteiger partial charge on any atom is 0.293 e. The van der Waals surface area contributed by atoms with Crippen LogP contribution in [0.25, 0.3) is 10.9 Å². The first kappa shape index (κ1) is 16.6. The number of anilines is 2. The van der Waals surface area contributed by atoms with Crippen LogP contribution in [0, 0.1) is 10.1 Å². The van der Waals surface area contributed by atoms with E-state index >= 15 is 0 Å². The third kappa shape index (κ3) is 3.82. The van der Waals surface area contributed by atoms with Gasteiger partial charge in [0, 0.05) is 24.5 Å². The summed E-state index contributed by atoms with van der Waals surface area (Å²) in [5, 5.41) is 18.4. The lowest BCUT2D eigenvalue weighted by Crippen LogP contribution is -2.05. The Balaban J connectivity index is 1.96. The normalized spacial score (nSPS) is 10.6. The summed E-state index contributed by atoms with van der Waals surface area (Å²) in [6.45, 7) is 3.25. The van der Waals surface area contributed by atoms with Crippen LogP contribution in [0.15, 0.2) is 48.8 Å². The SMILES string of the molecule is CCCNc1cc2ncnc(NCc3ccccc3)c2cc1[N+](=O)[O-]. The van der Waals surface area contributed by atoms with Gasteiger partial charge in [-0.15, -0.1) is 0 Å². The van der Waals surface area contributed by atoms with Crippen LogP contribution in [-0.2, 0) is 6.54 Å². The number of aromatic nitrogens is 2. The van der Waals surface area contributed by atoms with E-state index < -0.39 is 0 Å². The quantitative estimate of drug-likeness (QED) is 0.500. The van der Waals surface area contributed by atoms with Crippen molar-refractivity contribution in [2.24, 2.45) is 0 Å². The zero-order valence-corrected chi connectivity index (χ0v) is 13.9. The lowest BCUT2D eigenvalue weighted by atomic mass is 10.1. The molecule has 0 spiro atoms. The highest BCUT2D eigenvalue weighted by molar-refractivity contribution is 5.94. The number of fused-ring (bicyclic) bond motifs is 1. The van der Waals surface area contributed by atoms with Gasteiger partial charge in [-0.1, -0.05) is 37.3 Å². The summed E-state index contributed by atoms with van der Waals surface area (Å²) < 4.78 is 0. The zero-order chi connectivity index (χ0) is 17.6. The fraction of sp³-hybridized carbons (Fsp3) is 0.222. The number of nitro groups is 1. The standard InChI is InChI=1S/C18H19N5O2/c1-2-8-19-16-10-15-14(9-17(16)23(24)25)18(22-12-21-15)20-11-13-6-4-3-5-7-13/h3-7,9-10,12,19H,2,8,11H2,1H3,(H,20,21,22). The lowest BCUT2D eigenvalue weighted by Gasteiger charge is -2.11. The molecule has 3 rings (SSSR count). The molecule has 0 unspecified atom stereocenters. The molecule has 0 saturated heterocycles. The Morgan fingerprint density at radius 2 is 1.92 bits per heavy atom. The van der Waals surface area contributed by atoms with Crippen molar-refractivity contribution in [2.75, 3.05) is 17.2 Å². The average molecular weight is 337 g/mol. The van der Waals surface area contributed by atoms with Crippen molar-refractivity contribution in [3.63, 3.8) is 0 Å². The molecule has 7 heteroatoms. The minimum atomic E-state index is -0.384. The highest BCUT2D eigenvalue weighted by Crippen LogP contribution is 2.32. The molecule has 0 aliphatic carbocycles. The van der Waals surface area contributed by atoms with Gasteiger partial charge in [0.1, 0.15) is 17.8 Å². The van der Waals surface area contributed by atoms with E-state index in [1.54, 1.807) is 6.07 Å². The van der Waals surface area contributed by atoms with E-state index in [4.69, 9.17) is 0 Å². The Morgan fingerprint density at radius 1 is 1.12 bits per heavy atom. The molecule has 0 radical (unpaired) electrons. The van der Waals surface area contributed by atoms with E-state index in [2.05, 4.69) is 20.6 Å². The summed E-state index contributed by atoms with van der Waals surface area (Å²) in [6.07, 6.45) is 2.34. The molecule has 7 nitrogen and oxygen atoms in total. The van der Waals surface area contributed by atoms with Gasteiger partial charge in [0.15, 0.2) is 0 Å². The summed E-state index contributed by atoms with van der Waals surface area (Å²) in [6, 6.07) is 13.1. The van der Waals surface area contributed by atoms with Crippen LogP contribution in [0.5, 0.6) is 0 Å².